The van der Waals surface area contributed by atoms with Crippen LogP contribution in [0.2, 0.25) is 0 Å². The third-order valence-corrected chi connectivity index (χ3v) is 4.22. The van der Waals surface area contributed by atoms with Gasteiger partial charge in [0, 0.05) is 12.2 Å². The van der Waals surface area contributed by atoms with Crippen molar-refractivity contribution in [3.63, 3.8) is 0 Å². The van der Waals surface area contributed by atoms with Crippen LogP contribution in [0.5, 0.6) is 0 Å². The molecule has 0 atom stereocenters. The number of anilines is 1. The van der Waals surface area contributed by atoms with Crippen molar-refractivity contribution >= 4 is 23.4 Å². The molecule has 112 valence electrons. The van der Waals surface area contributed by atoms with E-state index in [1.165, 1.54) is 12.1 Å². The molecule has 2 rings (SSSR count). The SMILES string of the molecule is CCC(CC)(CN)C(=O)Nc1ccc2c(c1)C(=O)NC2=O. The standard InChI is InChI=1S/C15H19N3O3/c1-3-15(4-2,8-16)14(21)17-9-5-6-10-11(7-9)13(20)18-12(10)19/h5-7H,3-4,8,16H2,1-2H3,(H,17,21)(H,18,19,20). The summed E-state index contributed by atoms with van der Waals surface area (Å²) in [5, 5.41) is 5.01. The van der Waals surface area contributed by atoms with Gasteiger partial charge in [-0.15, -0.1) is 0 Å². The number of rotatable bonds is 5. The Morgan fingerprint density at radius 2 is 1.81 bits per heavy atom. The van der Waals surface area contributed by atoms with Gasteiger partial charge in [0.1, 0.15) is 0 Å². The minimum Gasteiger partial charge on any atom is -0.329 e. The Hall–Kier alpha value is -2.21. The number of imide groups is 1. The lowest BCUT2D eigenvalue weighted by Gasteiger charge is -2.28. The number of carbonyl (C=O) groups is 3. The van der Waals surface area contributed by atoms with Crippen molar-refractivity contribution in [2.75, 3.05) is 11.9 Å². The highest BCUT2D eigenvalue weighted by atomic mass is 16.2. The second-order valence-corrected chi connectivity index (χ2v) is 5.19. The van der Waals surface area contributed by atoms with Crippen LogP contribution in [0.4, 0.5) is 5.69 Å². The highest BCUT2D eigenvalue weighted by Crippen LogP contribution is 2.28. The zero-order valence-corrected chi connectivity index (χ0v) is 12.2. The molecule has 1 aliphatic rings. The Balaban J connectivity index is 2.25. The van der Waals surface area contributed by atoms with Gasteiger partial charge in [0.2, 0.25) is 5.91 Å². The topological polar surface area (TPSA) is 101 Å². The minimum absolute atomic E-state index is 0.167. The largest absolute Gasteiger partial charge is 0.329 e. The minimum atomic E-state index is -0.614. The van der Waals surface area contributed by atoms with Crippen LogP contribution in [-0.2, 0) is 4.79 Å². The number of fused-ring (bicyclic) bond motifs is 1. The fourth-order valence-electron chi connectivity index (χ4n) is 2.46. The van der Waals surface area contributed by atoms with Crippen LogP contribution in [0.15, 0.2) is 18.2 Å². The summed E-state index contributed by atoms with van der Waals surface area (Å²) in [5.74, 6) is -1.02. The average Bonchev–Trinajstić information content (AvgIpc) is 2.76. The third-order valence-electron chi connectivity index (χ3n) is 4.22. The molecule has 6 nitrogen and oxygen atoms in total. The zero-order chi connectivity index (χ0) is 15.6. The normalized spacial score (nSPS) is 13.9. The van der Waals surface area contributed by atoms with E-state index in [1.807, 2.05) is 13.8 Å². The van der Waals surface area contributed by atoms with Gasteiger partial charge in [-0.3, -0.25) is 19.7 Å². The van der Waals surface area contributed by atoms with Gasteiger partial charge in [-0.25, -0.2) is 0 Å². The third kappa shape index (κ3) is 2.54. The van der Waals surface area contributed by atoms with Gasteiger partial charge in [0.25, 0.3) is 11.8 Å². The lowest BCUT2D eigenvalue weighted by atomic mass is 9.81. The summed E-state index contributed by atoms with van der Waals surface area (Å²) in [6.07, 6.45) is 1.27. The fourth-order valence-corrected chi connectivity index (χ4v) is 2.46. The first-order chi connectivity index (χ1) is 9.97. The zero-order valence-electron chi connectivity index (χ0n) is 12.2. The molecule has 0 spiro atoms. The number of carbonyl (C=O) groups excluding carboxylic acids is 3. The molecule has 4 N–H and O–H groups in total. The second-order valence-electron chi connectivity index (χ2n) is 5.19. The number of nitrogens with two attached hydrogens (primary N) is 1. The van der Waals surface area contributed by atoms with Crippen molar-refractivity contribution in [1.29, 1.82) is 0 Å². The molecule has 0 bridgehead atoms. The van der Waals surface area contributed by atoms with E-state index in [9.17, 15) is 14.4 Å². The van der Waals surface area contributed by atoms with Crippen LogP contribution in [0.3, 0.4) is 0 Å². The molecule has 21 heavy (non-hydrogen) atoms. The molecule has 0 aliphatic carbocycles. The van der Waals surface area contributed by atoms with Crippen molar-refractivity contribution in [2.45, 2.75) is 26.7 Å². The predicted molar refractivity (Wildman–Crippen MR) is 78.9 cm³/mol. The summed E-state index contributed by atoms with van der Waals surface area (Å²) in [5.41, 5.74) is 6.23. The number of hydrogen-bond acceptors (Lipinski definition) is 4. The summed E-state index contributed by atoms with van der Waals surface area (Å²) < 4.78 is 0. The highest BCUT2D eigenvalue weighted by Gasteiger charge is 2.34. The van der Waals surface area contributed by atoms with Crippen molar-refractivity contribution in [3.05, 3.63) is 29.3 Å². The molecular weight excluding hydrogens is 270 g/mol. The smallest absolute Gasteiger partial charge is 0.259 e. The van der Waals surface area contributed by atoms with Crippen molar-refractivity contribution < 1.29 is 14.4 Å². The van der Waals surface area contributed by atoms with Crippen molar-refractivity contribution in [3.8, 4) is 0 Å². The first-order valence-corrected chi connectivity index (χ1v) is 6.98. The summed E-state index contributed by atoms with van der Waals surface area (Å²) in [6, 6.07) is 4.66. The summed E-state index contributed by atoms with van der Waals surface area (Å²) in [7, 11) is 0. The molecular formula is C15H19N3O3. The van der Waals surface area contributed by atoms with Gasteiger partial charge in [0.15, 0.2) is 0 Å². The number of nitrogens with one attached hydrogen (secondary N) is 2. The predicted octanol–water partition coefficient (Wildman–Crippen LogP) is 1.27. The van der Waals surface area contributed by atoms with E-state index in [0.29, 0.717) is 24.1 Å². The molecule has 6 heteroatoms. The van der Waals surface area contributed by atoms with Gasteiger partial charge in [-0.05, 0) is 31.0 Å². The molecule has 1 aromatic rings. The number of amides is 3. The highest BCUT2D eigenvalue weighted by molar-refractivity contribution is 6.22. The molecule has 0 saturated heterocycles. The molecule has 3 amide bonds. The molecule has 1 aliphatic heterocycles. The molecule has 0 unspecified atom stereocenters. The van der Waals surface area contributed by atoms with Gasteiger partial charge in [-0.1, -0.05) is 13.8 Å². The van der Waals surface area contributed by atoms with E-state index in [1.54, 1.807) is 6.07 Å². The molecule has 0 saturated carbocycles. The van der Waals surface area contributed by atoms with E-state index >= 15 is 0 Å². The van der Waals surface area contributed by atoms with Crippen LogP contribution in [0, 0.1) is 5.41 Å². The van der Waals surface area contributed by atoms with Crippen LogP contribution >= 0.6 is 0 Å². The molecule has 1 heterocycles. The van der Waals surface area contributed by atoms with Gasteiger partial charge < -0.3 is 11.1 Å². The quantitative estimate of drug-likeness (QED) is 0.710. The molecule has 1 aromatic carbocycles. The Morgan fingerprint density at radius 3 is 2.38 bits per heavy atom. The second kappa shape index (κ2) is 5.65. The number of hydrogen-bond donors (Lipinski definition) is 3. The van der Waals surface area contributed by atoms with E-state index < -0.39 is 17.2 Å². The lowest BCUT2D eigenvalue weighted by molar-refractivity contribution is -0.125. The molecule has 0 aromatic heterocycles. The van der Waals surface area contributed by atoms with Crippen LogP contribution < -0.4 is 16.4 Å². The Kier molecular flexibility index (Phi) is 4.09. The lowest BCUT2D eigenvalue weighted by Crippen LogP contribution is -2.41. The summed E-state index contributed by atoms with van der Waals surface area (Å²) in [4.78, 5) is 35.5. The van der Waals surface area contributed by atoms with Gasteiger partial charge >= 0.3 is 0 Å². The van der Waals surface area contributed by atoms with Crippen LogP contribution in [-0.4, -0.2) is 24.3 Å². The monoisotopic (exact) mass is 289 g/mol. The molecule has 0 radical (unpaired) electrons. The van der Waals surface area contributed by atoms with E-state index in [-0.39, 0.29) is 18.0 Å². The maximum atomic E-state index is 12.4. The Labute approximate surface area is 123 Å². The van der Waals surface area contributed by atoms with Gasteiger partial charge in [-0.2, -0.15) is 0 Å². The first-order valence-electron chi connectivity index (χ1n) is 6.98. The summed E-state index contributed by atoms with van der Waals surface area (Å²) >= 11 is 0. The number of benzene rings is 1. The maximum absolute atomic E-state index is 12.4. The average molecular weight is 289 g/mol. The van der Waals surface area contributed by atoms with Crippen molar-refractivity contribution in [2.24, 2.45) is 11.1 Å². The van der Waals surface area contributed by atoms with Gasteiger partial charge in [0.05, 0.1) is 16.5 Å². The Morgan fingerprint density at radius 1 is 1.19 bits per heavy atom. The van der Waals surface area contributed by atoms with Crippen LogP contribution in [0.25, 0.3) is 0 Å². The first kappa shape index (κ1) is 15.2. The summed E-state index contributed by atoms with van der Waals surface area (Å²) in [6.45, 7) is 4.10. The molecule has 0 fully saturated rings. The Bertz CT molecular complexity index is 598. The van der Waals surface area contributed by atoms with E-state index in [4.69, 9.17) is 5.73 Å². The van der Waals surface area contributed by atoms with Crippen LogP contribution in [0.1, 0.15) is 47.4 Å². The maximum Gasteiger partial charge on any atom is 0.259 e. The van der Waals surface area contributed by atoms with E-state index in [0.717, 1.165) is 0 Å². The van der Waals surface area contributed by atoms with Crippen molar-refractivity contribution in [1.82, 2.24) is 5.32 Å². The fraction of sp³-hybridized carbons (Fsp3) is 0.400. The van der Waals surface area contributed by atoms with E-state index in [2.05, 4.69) is 10.6 Å².